The number of anilines is 1. The lowest BCUT2D eigenvalue weighted by Gasteiger charge is -2.34. The van der Waals surface area contributed by atoms with Crippen molar-refractivity contribution >= 4 is 27.5 Å². The summed E-state index contributed by atoms with van der Waals surface area (Å²) in [5.41, 5.74) is 1.44. The van der Waals surface area contributed by atoms with Crippen LogP contribution in [0.2, 0.25) is 0 Å². The molecule has 34 heavy (non-hydrogen) atoms. The number of likely N-dealkylation sites (N-methyl/N-ethyl adjacent to an activating group) is 1. The van der Waals surface area contributed by atoms with Crippen molar-refractivity contribution in [2.75, 3.05) is 18.9 Å². The molecule has 3 aromatic carbocycles. The molecule has 0 saturated heterocycles. The Morgan fingerprint density at radius 1 is 1.06 bits per heavy atom. The fraction of sp³-hybridized carbons (Fsp3) is 0.200. The van der Waals surface area contributed by atoms with Crippen molar-refractivity contribution in [1.29, 1.82) is 0 Å². The average molecular weight is 480 g/mol. The van der Waals surface area contributed by atoms with Crippen LogP contribution < -0.4 is 10.1 Å². The molecule has 9 heteroatoms. The highest BCUT2D eigenvalue weighted by Crippen LogP contribution is 2.34. The summed E-state index contributed by atoms with van der Waals surface area (Å²) < 4.78 is 33.2. The maximum absolute atomic E-state index is 12.9. The van der Waals surface area contributed by atoms with Crippen LogP contribution in [0.15, 0.2) is 83.8 Å². The van der Waals surface area contributed by atoms with Crippen molar-refractivity contribution in [3.63, 3.8) is 0 Å². The van der Waals surface area contributed by atoms with E-state index in [1.54, 1.807) is 48.5 Å². The van der Waals surface area contributed by atoms with Crippen LogP contribution in [0, 0.1) is 10.1 Å². The quantitative estimate of drug-likeness (QED) is 0.371. The summed E-state index contributed by atoms with van der Waals surface area (Å²) in [5, 5.41) is 14.4. The number of para-hydroxylation sites is 1. The maximum Gasteiger partial charge on any atom is 0.274 e. The van der Waals surface area contributed by atoms with Crippen LogP contribution in [0.5, 0.6) is 5.75 Å². The minimum Gasteiger partial charge on any atom is -0.481 e. The summed E-state index contributed by atoms with van der Waals surface area (Å²) in [4.78, 5) is 11.1. The zero-order valence-corrected chi connectivity index (χ0v) is 19.7. The molecular weight excluding hydrogens is 454 g/mol. The van der Waals surface area contributed by atoms with E-state index in [1.807, 2.05) is 37.3 Å². The summed E-state index contributed by atoms with van der Waals surface area (Å²) in [6.07, 6.45) is 3.75. The number of rotatable bonds is 8. The number of sulfonamides is 1. The molecule has 0 radical (unpaired) electrons. The first-order valence-corrected chi connectivity index (χ1v) is 12.1. The van der Waals surface area contributed by atoms with Crippen molar-refractivity contribution in [1.82, 2.24) is 4.31 Å². The molecule has 0 aliphatic carbocycles. The minimum absolute atomic E-state index is 0.0709. The number of benzene rings is 3. The van der Waals surface area contributed by atoms with Crippen LogP contribution in [0.25, 0.3) is 6.08 Å². The third kappa shape index (κ3) is 4.95. The highest BCUT2D eigenvalue weighted by molar-refractivity contribution is 7.89. The summed E-state index contributed by atoms with van der Waals surface area (Å²) in [6.45, 7) is 2.28. The molecule has 0 aromatic heterocycles. The highest BCUT2D eigenvalue weighted by Gasteiger charge is 2.33. The molecule has 1 aliphatic heterocycles. The first kappa shape index (κ1) is 23.5. The molecule has 1 aliphatic rings. The van der Waals surface area contributed by atoms with Gasteiger partial charge in [0.05, 0.1) is 16.4 Å². The lowest BCUT2D eigenvalue weighted by atomic mass is 10.00. The van der Waals surface area contributed by atoms with Crippen molar-refractivity contribution in [2.45, 2.75) is 24.0 Å². The third-order valence-corrected chi connectivity index (χ3v) is 7.45. The molecule has 1 N–H and O–H groups in total. The van der Waals surface area contributed by atoms with Gasteiger partial charge in [-0.05, 0) is 43.3 Å². The van der Waals surface area contributed by atoms with Crippen LogP contribution >= 0.6 is 0 Å². The average Bonchev–Trinajstić information content (AvgIpc) is 2.83. The Labute approximate surface area is 198 Å². The van der Waals surface area contributed by atoms with Crippen LogP contribution in [-0.2, 0) is 16.6 Å². The number of fused-ring (bicyclic) bond motifs is 1. The van der Waals surface area contributed by atoms with Gasteiger partial charge < -0.3 is 10.1 Å². The molecule has 1 atom stereocenters. The van der Waals surface area contributed by atoms with Gasteiger partial charge in [0, 0.05) is 36.5 Å². The van der Waals surface area contributed by atoms with E-state index >= 15 is 0 Å². The molecule has 0 spiro atoms. The number of hydrogen-bond acceptors (Lipinski definition) is 6. The number of nitrogens with zero attached hydrogens (tertiary/aromatic N) is 2. The largest absolute Gasteiger partial charge is 0.481 e. The number of nitro groups is 1. The first-order chi connectivity index (χ1) is 16.2. The maximum atomic E-state index is 12.9. The number of hydrogen-bond donors (Lipinski definition) is 1. The Bertz CT molecular complexity index is 1340. The van der Waals surface area contributed by atoms with E-state index in [0.717, 1.165) is 11.3 Å². The van der Waals surface area contributed by atoms with E-state index in [4.69, 9.17) is 4.74 Å². The number of ether oxygens (including phenoxy) is 1. The van der Waals surface area contributed by atoms with Gasteiger partial charge in [-0.2, -0.15) is 4.31 Å². The van der Waals surface area contributed by atoms with Crippen molar-refractivity contribution in [3.05, 3.63) is 100 Å². The molecular formula is C25H25N3O5S. The minimum atomic E-state index is -3.64. The van der Waals surface area contributed by atoms with Crippen LogP contribution in [0.3, 0.4) is 0 Å². The van der Waals surface area contributed by atoms with Crippen LogP contribution in [-0.4, -0.2) is 36.8 Å². The normalized spacial score (nSPS) is 17.1. The zero-order valence-electron chi connectivity index (χ0n) is 18.8. The summed E-state index contributed by atoms with van der Waals surface area (Å²) in [6, 6.07) is 20.4. The lowest BCUT2D eigenvalue weighted by Crippen LogP contribution is -2.45. The second-order valence-corrected chi connectivity index (χ2v) is 10.4. The van der Waals surface area contributed by atoms with E-state index in [1.165, 1.54) is 17.4 Å². The smallest absolute Gasteiger partial charge is 0.274 e. The Morgan fingerprint density at radius 3 is 2.50 bits per heavy atom. The summed E-state index contributed by atoms with van der Waals surface area (Å²) in [5.74, 6) is 0.631. The third-order valence-electron chi connectivity index (χ3n) is 5.63. The zero-order chi connectivity index (χ0) is 24.3. The van der Waals surface area contributed by atoms with Gasteiger partial charge in [-0.1, -0.05) is 42.5 Å². The molecule has 0 saturated carbocycles. The van der Waals surface area contributed by atoms with Gasteiger partial charge in [-0.3, -0.25) is 10.1 Å². The number of nitro benzene ring substituents is 1. The molecule has 0 amide bonds. The summed E-state index contributed by atoms with van der Waals surface area (Å²) >= 11 is 0. The van der Waals surface area contributed by atoms with Gasteiger partial charge in [-0.25, -0.2) is 8.42 Å². The number of nitrogens with one attached hydrogen (secondary N) is 1. The SMILES string of the molecule is CN(CC1(C)C=Cc2cc(NCc3ccccc3[N+](=O)[O-])ccc2O1)S(=O)(=O)c1ccccc1. The van der Waals surface area contributed by atoms with Crippen molar-refractivity contribution in [3.8, 4) is 5.75 Å². The van der Waals surface area contributed by atoms with Gasteiger partial charge >= 0.3 is 0 Å². The monoisotopic (exact) mass is 479 g/mol. The summed E-state index contributed by atoms with van der Waals surface area (Å²) in [7, 11) is -2.10. The van der Waals surface area contributed by atoms with E-state index < -0.39 is 20.5 Å². The van der Waals surface area contributed by atoms with E-state index in [0.29, 0.717) is 17.9 Å². The highest BCUT2D eigenvalue weighted by atomic mass is 32.2. The van der Waals surface area contributed by atoms with Gasteiger partial charge in [0.1, 0.15) is 11.4 Å². The van der Waals surface area contributed by atoms with Gasteiger partial charge in [0.25, 0.3) is 5.69 Å². The van der Waals surface area contributed by atoms with Crippen molar-refractivity contribution < 1.29 is 18.1 Å². The Hall–Kier alpha value is -3.69. The van der Waals surface area contributed by atoms with Gasteiger partial charge in [0.2, 0.25) is 10.0 Å². The van der Waals surface area contributed by atoms with Gasteiger partial charge in [-0.15, -0.1) is 0 Å². The molecule has 1 unspecified atom stereocenters. The molecule has 176 valence electrons. The Balaban J connectivity index is 1.46. The molecule has 3 aromatic rings. The second kappa shape index (κ2) is 9.28. The van der Waals surface area contributed by atoms with Crippen LogP contribution in [0.4, 0.5) is 11.4 Å². The van der Waals surface area contributed by atoms with E-state index in [9.17, 15) is 18.5 Å². The van der Waals surface area contributed by atoms with Crippen LogP contribution in [0.1, 0.15) is 18.1 Å². The molecule has 0 bridgehead atoms. The standard InChI is InChI=1S/C25H25N3O5S/c1-25(18-27(2)34(31,32)22-9-4-3-5-10-22)15-14-19-16-21(12-13-24(19)33-25)26-17-20-8-6-7-11-23(20)28(29)30/h3-16,26H,17-18H2,1-2H3. The first-order valence-electron chi connectivity index (χ1n) is 10.7. The van der Waals surface area contributed by atoms with E-state index in [-0.39, 0.29) is 17.1 Å². The predicted octanol–water partition coefficient (Wildman–Crippen LogP) is 4.69. The Morgan fingerprint density at radius 2 is 1.76 bits per heavy atom. The van der Waals surface area contributed by atoms with Gasteiger partial charge in [0.15, 0.2) is 0 Å². The van der Waals surface area contributed by atoms with Crippen molar-refractivity contribution in [2.24, 2.45) is 0 Å². The fourth-order valence-electron chi connectivity index (χ4n) is 3.85. The molecule has 8 nitrogen and oxygen atoms in total. The molecule has 0 fully saturated rings. The fourth-order valence-corrected chi connectivity index (χ4v) is 5.14. The molecule has 4 rings (SSSR count). The van der Waals surface area contributed by atoms with E-state index in [2.05, 4.69) is 5.32 Å². The molecule has 1 heterocycles. The lowest BCUT2D eigenvalue weighted by molar-refractivity contribution is -0.385. The topological polar surface area (TPSA) is 102 Å². The second-order valence-electron chi connectivity index (χ2n) is 8.31. The Kier molecular flexibility index (Phi) is 6.41. The predicted molar refractivity (Wildman–Crippen MR) is 131 cm³/mol.